The van der Waals surface area contributed by atoms with Crippen LogP contribution in [0, 0.1) is 5.41 Å². The van der Waals surface area contributed by atoms with Crippen molar-refractivity contribution in [1.29, 1.82) is 0 Å². The highest BCUT2D eigenvalue weighted by atomic mass is 16.2. The SMILES string of the molecule is CC1(C)CCCC1NC(=O)n1ccnc1. The Morgan fingerprint density at radius 2 is 2.40 bits per heavy atom. The molecule has 4 nitrogen and oxygen atoms in total. The van der Waals surface area contributed by atoms with Crippen molar-refractivity contribution in [3.05, 3.63) is 18.7 Å². The van der Waals surface area contributed by atoms with Crippen LogP contribution in [0.25, 0.3) is 0 Å². The largest absolute Gasteiger partial charge is 0.334 e. The van der Waals surface area contributed by atoms with Gasteiger partial charge in [0.25, 0.3) is 0 Å². The van der Waals surface area contributed by atoms with Crippen LogP contribution in [0.1, 0.15) is 33.1 Å². The zero-order valence-electron chi connectivity index (χ0n) is 9.23. The lowest BCUT2D eigenvalue weighted by atomic mass is 9.87. The third kappa shape index (κ3) is 2.03. The maximum atomic E-state index is 11.8. The fraction of sp³-hybridized carbons (Fsp3) is 0.636. The normalized spacial score (nSPS) is 24.0. The molecule has 1 amide bonds. The molecule has 2 rings (SSSR count). The van der Waals surface area contributed by atoms with Gasteiger partial charge in [0.1, 0.15) is 6.33 Å². The van der Waals surface area contributed by atoms with Crippen molar-refractivity contribution in [2.45, 2.75) is 39.2 Å². The summed E-state index contributed by atoms with van der Waals surface area (Å²) < 4.78 is 1.48. The summed E-state index contributed by atoms with van der Waals surface area (Å²) in [6.07, 6.45) is 8.26. The lowest BCUT2D eigenvalue weighted by Crippen LogP contribution is -2.43. The third-order valence-electron chi connectivity index (χ3n) is 3.29. The molecule has 1 aliphatic carbocycles. The van der Waals surface area contributed by atoms with E-state index in [1.807, 2.05) is 0 Å². The van der Waals surface area contributed by atoms with Crippen LogP contribution in [0.4, 0.5) is 4.79 Å². The zero-order valence-corrected chi connectivity index (χ0v) is 9.23. The van der Waals surface area contributed by atoms with Crippen LogP contribution in [-0.2, 0) is 0 Å². The van der Waals surface area contributed by atoms with Crippen molar-refractivity contribution in [3.8, 4) is 0 Å². The summed E-state index contributed by atoms with van der Waals surface area (Å²) in [5, 5.41) is 3.06. The van der Waals surface area contributed by atoms with Gasteiger partial charge in [0.15, 0.2) is 0 Å². The molecule has 0 bridgehead atoms. The number of rotatable bonds is 1. The van der Waals surface area contributed by atoms with Crippen molar-refractivity contribution in [2.75, 3.05) is 0 Å². The summed E-state index contributed by atoms with van der Waals surface area (Å²) in [5.74, 6) is 0. The Bertz CT molecular complexity index is 343. The highest BCUT2D eigenvalue weighted by Crippen LogP contribution is 2.37. The summed E-state index contributed by atoms with van der Waals surface area (Å²) in [7, 11) is 0. The highest BCUT2D eigenvalue weighted by Gasteiger charge is 2.35. The molecule has 0 saturated heterocycles. The molecule has 1 N–H and O–H groups in total. The van der Waals surface area contributed by atoms with Gasteiger partial charge < -0.3 is 5.32 Å². The first-order chi connectivity index (χ1) is 7.09. The molecule has 4 heteroatoms. The van der Waals surface area contributed by atoms with E-state index in [-0.39, 0.29) is 17.5 Å². The van der Waals surface area contributed by atoms with Gasteiger partial charge in [0, 0.05) is 18.4 Å². The van der Waals surface area contributed by atoms with Crippen molar-refractivity contribution in [2.24, 2.45) is 5.41 Å². The topological polar surface area (TPSA) is 46.9 Å². The van der Waals surface area contributed by atoms with Crippen LogP contribution in [0.15, 0.2) is 18.7 Å². The summed E-state index contributed by atoms with van der Waals surface area (Å²) in [4.78, 5) is 15.6. The predicted octanol–water partition coefficient (Wildman–Crippen LogP) is 2.02. The first-order valence-electron chi connectivity index (χ1n) is 5.38. The van der Waals surface area contributed by atoms with Crippen LogP contribution in [0.5, 0.6) is 0 Å². The summed E-state index contributed by atoms with van der Waals surface area (Å²) in [6, 6.07) is 0.208. The second kappa shape index (κ2) is 3.68. The smallest absolute Gasteiger partial charge is 0.327 e. The molecule has 1 heterocycles. The quantitative estimate of drug-likeness (QED) is 0.765. The standard InChI is InChI=1S/C11H17N3O/c1-11(2)5-3-4-9(11)13-10(15)14-7-6-12-8-14/h6-9H,3-5H2,1-2H3,(H,13,15). The Balaban J connectivity index is 2.01. The molecular weight excluding hydrogens is 190 g/mol. The van der Waals surface area contributed by atoms with Gasteiger partial charge in [-0.25, -0.2) is 9.78 Å². The number of nitrogens with one attached hydrogen (secondary N) is 1. The molecule has 1 aromatic rings. The molecule has 1 unspecified atom stereocenters. The molecular formula is C11H17N3O. The van der Waals surface area contributed by atoms with Gasteiger partial charge in [-0.3, -0.25) is 4.57 Å². The molecule has 1 aliphatic rings. The van der Waals surface area contributed by atoms with Gasteiger partial charge in [-0.1, -0.05) is 20.3 Å². The summed E-state index contributed by atoms with van der Waals surface area (Å²) in [5.41, 5.74) is 0.218. The van der Waals surface area contributed by atoms with E-state index in [1.165, 1.54) is 23.7 Å². The number of hydrogen-bond acceptors (Lipinski definition) is 2. The molecule has 1 fully saturated rings. The van der Waals surface area contributed by atoms with Gasteiger partial charge in [0.05, 0.1) is 0 Å². The lowest BCUT2D eigenvalue weighted by Gasteiger charge is -2.27. The molecule has 82 valence electrons. The minimum atomic E-state index is -0.0764. The molecule has 1 saturated carbocycles. The molecule has 0 spiro atoms. The van der Waals surface area contributed by atoms with Crippen LogP contribution in [0.3, 0.4) is 0 Å². The summed E-state index contributed by atoms with van der Waals surface area (Å²) in [6.45, 7) is 4.41. The predicted molar refractivity (Wildman–Crippen MR) is 57.6 cm³/mol. The van der Waals surface area contributed by atoms with Gasteiger partial charge >= 0.3 is 6.03 Å². The van der Waals surface area contributed by atoms with E-state index in [0.29, 0.717) is 0 Å². The Kier molecular flexibility index (Phi) is 2.50. The Labute approximate surface area is 89.7 Å². The van der Waals surface area contributed by atoms with Crippen LogP contribution >= 0.6 is 0 Å². The Hall–Kier alpha value is -1.32. The Morgan fingerprint density at radius 3 is 2.93 bits per heavy atom. The second-order valence-corrected chi connectivity index (χ2v) is 4.85. The number of carbonyl (C=O) groups is 1. The van der Waals surface area contributed by atoms with E-state index in [4.69, 9.17) is 0 Å². The highest BCUT2D eigenvalue weighted by molar-refractivity contribution is 5.76. The van der Waals surface area contributed by atoms with E-state index in [9.17, 15) is 4.79 Å². The van der Waals surface area contributed by atoms with E-state index in [0.717, 1.165) is 6.42 Å². The number of nitrogens with zero attached hydrogens (tertiary/aromatic N) is 2. The third-order valence-corrected chi connectivity index (χ3v) is 3.29. The van der Waals surface area contributed by atoms with E-state index < -0.39 is 0 Å². The number of carbonyl (C=O) groups excluding carboxylic acids is 1. The van der Waals surface area contributed by atoms with Crippen molar-refractivity contribution in [1.82, 2.24) is 14.9 Å². The monoisotopic (exact) mass is 207 g/mol. The number of aromatic nitrogens is 2. The maximum Gasteiger partial charge on any atom is 0.327 e. The van der Waals surface area contributed by atoms with Crippen LogP contribution in [-0.4, -0.2) is 21.6 Å². The molecule has 15 heavy (non-hydrogen) atoms. The van der Waals surface area contributed by atoms with Gasteiger partial charge in [0.2, 0.25) is 0 Å². The molecule has 0 radical (unpaired) electrons. The molecule has 1 aromatic heterocycles. The lowest BCUT2D eigenvalue weighted by molar-refractivity contribution is 0.223. The summed E-state index contributed by atoms with van der Waals surface area (Å²) >= 11 is 0. The first kappa shape index (κ1) is 10.2. The molecule has 0 aromatic carbocycles. The molecule has 0 aliphatic heterocycles. The number of hydrogen-bond donors (Lipinski definition) is 1. The Morgan fingerprint density at radius 1 is 1.60 bits per heavy atom. The van der Waals surface area contributed by atoms with Crippen molar-refractivity contribution in [3.63, 3.8) is 0 Å². The molecule has 1 atom stereocenters. The average molecular weight is 207 g/mol. The maximum absolute atomic E-state index is 11.8. The van der Waals surface area contributed by atoms with E-state index in [2.05, 4.69) is 24.1 Å². The number of amides is 1. The number of imidazole rings is 1. The van der Waals surface area contributed by atoms with E-state index in [1.54, 1.807) is 12.4 Å². The van der Waals surface area contributed by atoms with Gasteiger partial charge in [-0.15, -0.1) is 0 Å². The van der Waals surface area contributed by atoms with Crippen molar-refractivity contribution >= 4 is 6.03 Å². The second-order valence-electron chi connectivity index (χ2n) is 4.85. The minimum Gasteiger partial charge on any atom is -0.334 e. The van der Waals surface area contributed by atoms with Gasteiger partial charge in [-0.05, 0) is 18.3 Å². The average Bonchev–Trinajstić information content (AvgIpc) is 2.76. The van der Waals surface area contributed by atoms with Crippen LogP contribution < -0.4 is 5.32 Å². The minimum absolute atomic E-state index is 0.0764. The first-order valence-corrected chi connectivity index (χ1v) is 5.38. The zero-order chi connectivity index (χ0) is 10.9. The van der Waals surface area contributed by atoms with Crippen molar-refractivity contribution < 1.29 is 4.79 Å². The van der Waals surface area contributed by atoms with E-state index >= 15 is 0 Å². The fourth-order valence-corrected chi connectivity index (χ4v) is 2.20. The fourth-order valence-electron chi connectivity index (χ4n) is 2.20. The van der Waals surface area contributed by atoms with Crippen LogP contribution in [0.2, 0.25) is 0 Å². The van der Waals surface area contributed by atoms with Gasteiger partial charge in [-0.2, -0.15) is 0 Å².